The number of amides is 1. The minimum Gasteiger partial charge on any atom is -0.369 e. The third-order valence-corrected chi connectivity index (χ3v) is 4.82. The molecule has 2 heterocycles. The number of rotatable bonds is 5. The molecular formula is C11H11NOS3. The Bertz CT molecular complexity index is 402. The van der Waals surface area contributed by atoms with Gasteiger partial charge in [0.1, 0.15) is 0 Å². The van der Waals surface area contributed by atoms with E-state index >= 15 is 0 Å². The van der Waals surface area contributed by atoms with Crippen molar-refractivity contribution >= 4 is 40.3 Å². The van der Waals surface area contributed by atoms with E-state index in [-0.39, 0.29) is 11.2 Å². The maximum atomic E-state index is 10.8. The highest BCUT2D eigenvalue weighted by Crippen LogP contribution is 2.37. The first kappa shape index (κ1) is 11.7. The zero-order valence-corrected chi connectivity index (χ0v) is 10.9. The second kappa shape index (κ2) is 5.52. The number of hydrogen-bond acceptors (Lipinski definition) is 4. The van der Waals surface area contributed by atoms with Gasteiger partial charge in [0.05, 0.1) is 11.0 Å². The minimum atomic E-state index is -0.263. The van der Waals surface area contributed by atoms with Gasteiger partial charge in [0.25, 0.3) is 0 Å². The van der Waals surface area contributed by atoms with E-state index < -0.39 is 0 Å². The van der Waals surface area contributed by atoms with Gasteiger partial charge in [-0.3, -0.25) is 4.79 Å². The summed E-state index contributed by atoms with van der Waals surface area (Å²) in [4.78, 5) is 10.8. The maximum Gasteiger partial charge on any atom is 0.227 e. The Hall–Kier alpha value is -0.780. The third kappa shape index (κ3) is 2.87. The van der Waals surface area contributed by atoms with E-state index in [4.69, 9.17) is 5.73 Å². The second-order valence-electron chi connectivity index (χ2n) is 3.27. The Labute approximate surface area is 106 Å². The first-order valence-corrected chi connectivity index (χ1v) is 7.65. The average molecular weight is 269 g/mol. The normalized spacial score (nSPS) is 10.8. The molecule has 0 saturated heterocycles. The highest BCUT2D eigenvalue weighted by molar-refractivity contribution is 8.00. The fraction of sp³-hybridized carbons (Fsp3) is 0.182. The van der Waals surface area contributed by atoms with Crippen LogP contribution in [0.3, 0.4) is 0 Å². The molecule has 0 fully saturated rings. The van der Waals surface area contributed by atoms with Crippen LogP contribution < -0.4 is 5.73 Å². The van der Waals surface area contributed by atoms with E-state index in [1.165, 1.54) is 11.1 Å². The topological polar surface area (TPSA) is 43.1 Å². The lowest BCUT2D eigenvalue weighted by atomic mass is 10.1. The van der Waals surface area contributed by atoms with Crippen molar-refractivity contribution in [3.8, 4) is 0 Å². The second-order valence-corrected chi connectivity index (χ2v) is 5.92. The minimum absolute atomic E-state index is 0.227. The molecule has 0 saturated carbocycles. The third-order valence-electron chi connectivity index (χ3n) is 2.08. The summed E-state index contributed by atoms with van der Waals surface area (Å²) in [5, 5.41) is 8.58. The number of hydrogen-bond donors (Lipinski definition) is 1. The fourth-order valence-corrected chi connectivity index (χ4v) is 3.95. The van der Waals surface area contributed by atoms with Crippen LogP contribution in [-0.2, 0) is 4.79 Å². The molecule has 0 aromatic carbocycles. The molecule has 0 unspecified atom stereocenters. The molecule has 2 N–H and O–H groups in total. The van der Waals surface area contributed by atoms with Gasteiger partial charge in [0, 0.05) is 0 Å². The van der Waals surface area contributed by atoms with Crippen LogP contribution in [0.25, 0.3) is 0 Å². The summed E-state index contributed by atoms with van der Waals surface area (Å²) in [7, 11) is 0. The van der Waals surface area contributed by atoms with Crippen LogP contribution in [-0.4, -0.2) is 11.7 Å². The summed E-state index contributed by atoms with van der Waals surface area (Å²) in [6.45, 7) is 0. The molecule has 0 radical (unpaired) electrons. The van der Waals surface area contributed by atoms with E-state index in [0.717, 1.165) is 0 Å². The highest BCUT2D eigenvalue weighted by Gasteiger charge is 2.16. The van der Waals surface area contributed by atoms with Crippen molar-refractivity contribution < 1.29 is 4.79 Å². The molecule has 0 aliphatic carbocycles. The molecule has 2 aromatic heterocycles. The molecule has 2 aromatic rings. The number of primary amides is 1. The Morgan fingerprint density at radius 1 is 1.25 bits per heavy atom. The van der Waals surface area contributed by atoms with Crippen LogP contribution >= 0.6 is 34.4 Å². The molecule has 0 atom stereocenters. The van der Waals surface area contributed by atoms with Crippen LogP contribution in [0.4, 0.5) is 0 Å². The van der Waals surface area contributed by atoms with Crippen molar-refractivity contribution in [1.82, 2.24) is 0 Å². The van der Waals surface area contributed by atoms with Gasteiger partial charge >= 0.3 is 0 Å². The van der Waals surface area contributed by atoms with Crippen molar-refractivity contribution in [2.75, 3.05) is 5.75 Å². The predicted octanol–water partition coefficient (Wildman–Crippen LogP) is 3.12. The summed E-state index contributed by atoms with van der Waals surface area (Å²) in [5.41, 5.74) is 7.68. The number of carbonyl (C=O) groups is 1. The lowest BCUT2D eigenvalue weighted by Crippen LogP contribution is -2.14. The molecule has 0 aliphatic heterocycles. The van der Waals surface area contributed by atoms with Crippen LogP contribution in [0.2, 0.25) is 0 Å². The van der Waals surface area contributed by atoms with Crippen molar-refractivity contribution in [3.63, 3.8) is 0 Å². The predicted molar refractivity (Wildman–Crippen MR) is 72.1 cm³/mol. The molecule has 0 spiro atoms. The quantitative estimate of drug-likeness (QED) is 0.906. The van der Waals surface area contributed by atoms with E-state index in [9.17, 15) is 4.79 Å². The molecule has 16 heavy (non-hydrogen) atoms. The summed E-state index contributed by atoms with van der Waals surface area (Å²) in [6.07, 6.45) is 0. The Morgan fingerprint density at radius 3 is 2.19 bits per heavy atom. The Kier molecular flexibility index (Phi) is 4.04. The van der Waals surface area contributed by atoms with Gasteiger partial charge < -0.3 is 5.73 Å². The van der Waals surface area contributed by atoms with Gasteiger partial charge in [-0.05, 0) is 44.8 Å². The highest BCUT2D eigenvalue weighted by atomic mass is 32.2. The summed E-state index contributed by atoms with van der Waals surface area (Å²) >= 11 is 4.93. The van der Waals surface area contributed by atoms with E-state index in [1.54, 1.807) is 34.4 Å². The van der Waals surface area contributed by atoms with Gasteiger partial charge in [-0.2, -0.15) is 22.7 Å². The summed E-state index contributed by atoms with van der Waals surface area (Å²) in [5.74, 6) is 0.0940. The first-order chi connectivity index (χ1) is 7.77. The molecule has 1 amide bonds. The standard InChI is InChI=1S/C11H11NOS3/c12-10(13)7-16-11(8-1-3-14-5-8)9-2-4-15-6-9/h1-6,11H,7H2,(H2,12,13). The number of thioether (sulfide) groups is 1. The molecule has 2 rings (SSSR count). The van der Waals surface area contributed by atoms with Gasteiger partial charge in [-0.15, -0.1) is 11.8 Å². The van der Waals surface area contributed by atoms with Gasteiger partial charge in [-0.25, -0.2) is 0 Å². The molecule has 2 nitrogen and oxygen atoms in total. The molecule has 0 bridgehead atoms. The lowest BCUT2D eigenvalue weighted by molar-refractivity contribution is -0.115. The van der Waals surface area contributed by atoms with E-state index in [0.29, 0.717) is 5.75 Å². The lowest BCUT2D eigenvalue weighted by Gasteiger charge is -2.13. The van der Waals surface area contributed by atoms with Crippen LogP contribution in [0, 0.1) is 0 Å². The molecule has 84 valence electrons. The molecular weight excluding hydrogens is 258 g/mol. The molecule has 0 aliphatic rings. The molecule has 5 heteroatoms. The van der Waals surface area contributed by atoms with Crippen LogP contribution in [0.15, 0.2) is 33.7 Å². The first-order valence-electron chi connectivity index (χ1n) is 4.71. The zero-order valence-electron chi connectivity index (χ0n) is 8.46. The summed E-state index contributed by atoms with van der Waals surface area (Å²) in [6, 6.07) is 4.20. The van der Waals surface area contributed by atoms with E-state index in [1.807, 2.05) is 0 Å². The van der Waals surface area contributed by atoms with Crippen molar-refractivity contribution in [2.45, 2.75) is 5.25 Å². The number of carbonyl (C=O) groups excluding carboxylic acids is 1. The van der Waals surface area contributed by atoms with Gasteiger partial charge in [-0.1, -0.05) is 0 Å². The number of nitrogens with two attached hydrogens (primary N) is 1. The fourth-order valence-electron chi connectivity index (χ4n) is 1.40. The van der Waals surface area contributed by atoms with Crippen molar-refractivity contribution in [3.05, 3.63) is 44.8 Å². The Balaban J connectivity index is 2.17. The monoisotopic (exact) mass is 269 g/mol. The summed E-state index contributed by atoms with van der Waals surface area (Å²) < 4.78 is 0. The Morgan fingerprint density at radius 2 is 1.81 bits per heavy atom. The average Bonchev–Trinajstić information content (AvgIpc) is 2.88. The smallest absolute Gasteiger partial charge is 0.227 e. The zero-order chi connectivity index (χ0) is 11.4. The van der Waals surface area contributed by atoms with Crippen LogP contribution in [0.5, 0.6) is 0 Å². The van der Waals surface area contributed by atoms with E-state index in [2.05, 4.69) is 33.7 Å². The largest absolute Gasteiger partial charge is 0.369 e. The van der Waals surface area contributed by atoms with Gasteiger partial charge in [0.15, 0.2) is 0 Å². The van der Waals surface area contributed by atoms with Crippen LogP contribution in [0.1, 0.15) is 16.4 Å². The number of thiophene rings is 2. The van der Waals surface area contributed by atoms with Crippen molar-refractivity contribution in [2.24, 2.45) is 5.73 Å². The maximum absolute atomic E-state index is 10.8. The van der Waals surface area contributed by atoms with Gasteiger partial charge in [0.2, 0.25) is 5.91 Å². The van der Waals surface area contributed by atoms with Crippen molar-refractivity contribution in [1.29, 1.82) is 0 Å². The SMILES string of the molecule is NC(=O)CSC(c1ccsc1)c1ccsc1.